The average Bonchev–Trinajstić information content (AvgIpc) is 2.77. The SMILES string of the molecule is O=C1N(c2ccc(Br)cc2)N=C(c2ccccc2)CC1(O)CCc1ccc(Cl)cc1. The molecular weight excluding hydrogens is 464 g/mol. The lowest BCUT2D eigenvalue weighted by Crippen LogP contribution is -2.53. The number of benzene rings is 3. The molecule has 1 aliphatic heterocycles. The number of aliphatic hydroxyl groups is 1. The minimum absolute atomic E-state index is 0.163. The molecule has 1 aliphatic rings. The molecule has 0 aromatic heterocycles. The molecule has 0 bridgehead atoms. The van der Waals surface area contributed by atoms with Crippen LogP contribution in [-0.2, 0) is 11.2 Å². The van der Waals surface area contributed by atoms with Crippen LogP contribution in [-0.4, -0.2) is 22.3 Å². The van der Waals surface area contributed by atoms with Crippen LogP contribution in [0.2, 0.25) is 5.02 Å². The molecule has 3 aromatic rings. The van der Waals surface area contributed by atoms with E-state index in [-0.39, 0.29) is 12.8 Å². The fraction of sp³-hybridized carbons (Fsp3) is 0.167. The molecular formula is C24H20BrClN2O2. The second kappa shape index (κ2) is 8.72. The summed E-state index contributed by atoms with van der Waals surface area (Å²) in [5, 5.41) is 18.0. The van der Waals surface area contributed by atoms with E-state index in [1.54, 1.807) is 12.1 Å². The van der Waals surface area contributed by atoms with Crippen molar-refractivity contribution in [2.24, 2.45) is 5.10 Å². The molecule has 3 aromatic carbocycles. The van der Waals surface area contributed by atoms with Gasteiger partial charge in [-0.2, -0.15) is 10.1 Å². The number of hydrogen-bond acceptors (Lipinski definition) is 3. The van der Waals surface area contributed by atoms with Gasteiger partial charge in [0.05, 0.1) is 11.4 Å². The molecule has 1 atom stereocenters. The molecule has 1 N–H and O–H groups in total. The zero-order valence-corrected chi connectivity index (χ0v) is 18.5. The van der Waals surface area contributed by atoms with Crippen molar-refractivity contribution < 1.29 is 9.90 Å². The Labute approximate surface area is 188 Å². The summed E-state index contributed by atoms with van der Waals surface area (Å²) in [5.74, 6) is -0.418. The summed E-state index contributed by atoms with van der Waals surface area (Å²) in [6, 6.07) is 24.4. The van der Waals surface area contributed by atoms with Gasteiger partial charge in [-0.3, -0.25) is 4.79 Å². The molecule has 0 saturated heterocycles. The normalized spacial score (nSPS) is 19.0. The maximum absolute atomic E-state index is 13.3. The number of nitrogens with zero attached hydrogens (tertiary/aromatic N) is 2. The Morgan fingerprint density at radius 1 is 1.00 bits per heavy atom. The molecule has 0 radical (unpaired) electrons. The number of anilines is 1. The monoisotopic (exact) mass is 482 g/mol. The molecule has 0 saturated carbocycles. The molecule has 4 rings (SSSR count). The molecule has 1 heterocycles. The van der Waals surface area contributed by atoms with Crippen LogP contribution in [0.4, 0.5) is 5.69 Å². The highest BCUT2D eigenvalue weighted by atomic mass is 79.9. The van der Waals surface area contributed by atoms with Crippen molar-refractivity contribution in [1.29, 1.82) is 0 Å². The second-order valence-electron chi connectivity index (χ2n) is 7.34. The zero-order valence-electron chi connectivity index (χ0n) is 16.1. The Balaban J connectivity index is 1.68. The standard InChI is InChI=1S/C24H20BrClN2O2/c25-19-8-12-21(13-9-19)28-23(29)24(30,15-14-17-6-10-20(26)11-7-17)16-22(27-28)18-4-2-1-3-5-18/h1-13,30H,14-16H2. The fourth-order valence-corrected chi connectivity index (χ4v) is 3.89. The number of hydrazone groups is 1. The molecule has 0 fully saturated rings. The van der Waals surface area contributed by atoms with Crippen LogP contribution in [0.25, 0.3) is 0 Å². The van der Waals surface area contributed by atoms with Gasteiger partial charge in [-0.25, -0.2) is 0 Å². The molecule has 1 amide bonds. The van der Waals surface area contributed by atoms with Crippen LogP contribution in [0.3, 0.4) is 0 Å². The molecule has 152 valence electrons. The summed E-state index contributed by atoms with van der Waals surface area (Å²) >= 11 is 9.38. The first-order valence-corrected chi connectivity index (χ1v) is 10.8. The lowest BCUT2D eigenvalue weighted by Gasteiger charge is -2.36. The Hall–Kier alpha value is -2.47. The zero-order chi connectivity index (χ0) is 21.1. The van der Waals surface area contributed by atoms with Crippen molar-refractivity contribution in [3.8, 4) is 0 Å². The van der Waals surface area contributed by atoms with E-state index in [0.29, 0.717) is 22.8 Å². The molecule has 1 unspecified atom stereocenters. The number of rotatable bonds is 5. The Bertz CT molecular complexity index is 1070. The van der Waals surface area contributed by atoms with Gasteiger partial charge in [0.25, 0.3) is 5.91 Å². The van der Waals surface area contributed by atoms with Crippen LogP contribution >= 0.6 is 27.5 Å². The van der Waals surface area contributed by atoms with Crippen molar-refractivity contribution in [3.63, 3.8) is 0 Å². The van der Waals surface area contributed by atoms with Gasteiger partial charge in [0.15, 0.2) is 5.60 Å². The minimum atomic E-state index is -1.56. The summed E-state index contributed by atoms with van der Waals surface area (Å²) in [4.78, 5) is 13.3. The van der Waals surface area contributed by atoms with Crippen molar-refractivity contribution in [3.05, 3.63) is 99.5 Å². The summed E-state index contributed by atoms with van der Waals surface area (Å²) in [7, 11) is 0. The van der Waals surface area contributed by atoms with E-state index in [4.69, 9.17) is 11.6 Å². The fourth-order valence-electron chi connectivity index (χ4n) is 3.50. The Kier molecular flexibility index (Phi) is 6.04. The first-order chi connectivity index (χ1) is 14.4. The van der Waals surface area contributed by atoms with Crippen molar-refractivity contribution in [2.75, 3.05) is 5.01 Å². The topological polar surface area (TPSA) is 52.9 Å². The summed E-state index contributed by atoms with van der Waals surface area (Å²) in [5.41, 5.74) is 1.63. The van der Waals surface area contributed by atoms with Gasteiger partial charge in [-0.1, -0.05) is 70.0 Å². The molecule has 0 aliphatic carbocycles. The third-order valence-corrected chi connectivity index (χ3v) is 5.97. The van der Waals surface area contributed by atoms with Gasteiger partial charge in [0, 0.05) is 15.9 Å². The van der Waals surface area contributed by atoms with E-state index in [0.717, 1.165) is 15.6 Å². The highest BCUT2D eigenvalue weighted by Crippen LogP contribution is 2.32. The van der Waals surface area contributed by atoms with E-state index in [2.05, 4.69) is 21.0 Å². The lowest BCUT2D eigenvalue weighted by atomic mass is 9.85. The predicted octanol–water partition coefficient (Wildman–Crippen LogP) is 5.61. The average molecular weight is 484 g/mol. The van der Waals surface area contributed by atoms with Crippen molar-refractivity contribution in [1.82, 2.24) is 0 Å². The van der Waals surface area contributed by atoms with Crippen LogP contribution in [0, 0.1) is 0 Å². The Morgan fingerprint density at radius 2 is 1.67 bits per heavy atom. The summed E-state index contributed by atoms with van der Waals surface area (Å²) in [6.07, 6.45) is 0.998. The van der Waals surface area contributed by atoms with Crippen LogP contribution in [0.15, 0.2) is 88.4 Å². The number of amides is 1. The third kappa shape index (κ3) is 4.48. The summed E-state index contributed by atoms with van der Waals surface area (Å²) < 4.78 is 0.904. The van der Waals surface area contributed by atoms with Crippen LogP contribution in [0.1, 0.15) is 24.0 Å². The quantitative estimate of drug-likeness (QED) is 0.513. The predicted molar refractivity (Wildman–Crippen MR) is 124 cm³/mol. The van der Waals surface area contributed by atoms with Gasteiger partial charge >= 0.3 is 0 Å². The largest absolute Gasteiger partial charge is 0.379 e. The highest BCUT2D eigenvalue weighted by molar-refractivity contribution is 9.10. The number of halogens is 2. The maximum atomic E-state index is 13.3. The van der Waals surface area contributed by atoms with Gasteiger partial charge in [0.2, 0.25) is 0 Å². The maximum Gasteiger partial charge on any atom is 0.279 e. The number of hydrogen-bond donors (Lipinski definition) is 1. The molecule has 30 heavy (non-hydrogen) atoms. The molecule has 0 spiro atoms. The van der Waals surface area contributed by atoms with E-state index in [1.807, 2.05) is 66.7 Å². The third-order valence-electron chi connectivity index (χ3n) is 5.19. The van der Waals surface area contributed by atoms with Gasteiger partial charge in [-0.15, -0.1) is 0 Å². The van der Waals surface area contributed by atoms with Gasteiger partial charge < -0.3 is 5.11 Å². The van der Waals surface area contributed by atoms with E-state index < -0.39 is 11.5 Å². The number of carbonyl (C=O) groups is 1. The van der Waals surface area contributed by atoms with Crippen LogP contribution in [0.5, 0.6) is 0 Å². The van der Waals surface area contributed by atoms with Crippen molar-refractivity contribution in [2.45, 2.75) is 24.9 Å². The van der Waals surface area contributed by atoms with Gasteiger partial charge in [0.1, 0.15) is 0 Å². The molecule has 6 heteroatoms. The smallest absolute Gasteiger partial charge is 0.279 e. The van der Waals surface area contributed by atoms with E-state index in [9.17, 15) is 9.90 Å². The highest BCUT2D eigenvalue weighted by Gasteiger charge is 2.44. The van der Waals surface area contributed by atoms with Crippen LogP contribution < -0.4 is 5.01 Å². The second-order valence-corrected chi connectivity index (χ2v) is 8.69. The van der Waals surface area contributed by atoms with E-state index in [1.165, 1.54) is 5.01 Å². The summed E-state index contributed by atoms with van der Waals surface area (Å²) in [6.45, 7) is 0. The van der Waals surface area contributed by atoms with E-state index >= 15 is 0 Å². The first kappa shape index (κ1) is 20.8. The minimum Gasteiger partial charge on any atom is -0.379 e. The van der Waals surface area contributed by atoms with Gasteiger partial charge in [-0.05, 0) is 60.4 Å². The molecule has 4 nitrogen and oxygen atoms in total. The number of aryl methyl sites for hydroxylation is 1. The Morgan fingerprint density at radius 3 is 2.33 bits per heavy atom. The lowest BCUT2D eigenvalue weighted by molar-refractivity contribution is -0.137. The first-order valence-electron chi connectivity index (χ1n) is 9.64. The van der Waals surface area contributed by atoms with Crippen molar-refractivity contribution >= 4 is 44.8 Å². The number of carbonyl (C=O) groups excluding carboxylic acids is 1.